The van der Waals surface area contributed by atoms with Crippen molar-refractivity contribution in [3.05, 3.63) is 35.6 Å². The van der Waals surface area contributed by atoms with Gasteiger partial charge >= 0.3 is 6.03 Å². The van der Waals surface area contributed by atoms with Crippen molar-refractivity contribution in [3.8, 4) is 0 Å². The number of hydrogen-bond donors (Lipinski definition) is 1. The Bertz CT molecular complexity index is 522. The number of carbonyl (C=O) groups is 2. The molecule has 21 heavy (non-hydrogen) atoms. The Morgan fingerprint density at radius 2 is 1.67 bits per heavy atom. The fraction of sp³-hybridized carbons (Fsp3) is 0.500. The van der Waals surface area contributed by atoms with Gasteiger partial charge in [-0.05, 0) is 30.5 Å². The molecule has 1 saturated heterocycles. The summed E-state index contributed by atoms with van der Waals surface area (Å²) in [6, 6.07) is 5.50. The first-order valence-corrected chi connectivity index (χ1v) is 7.41. The average molecular weight is 292 g/mol. The number of carbonyl (C=O) groups excluding carboxylic acids is 2. The summed E-state index contributed by atoms with van der Waals surface area (Å²) in [4.78, 5) is 26.0. The molecule has 3 amide bonds. The highest BCUT2D eigenvalue weighted by molar-refractivity contribution is 6.06. The van der Waals surface area contributed by atoms with Crippen molar-refractivity contribution >= 4 is 11.9 Å². The molecule has 1 aromatic rings. The van der Waals surface area contributed by atoms with Crippen LogP contribution in [-0.2, 0) is 11.3 Å². The van der Waals surface area contributed by atoms with Gasteiger partial charge in [0.15, 0.2) is 0 Å². The Hall–Kier alpha value is -1.91. The van der Waals surface area contributed by atoms with Gasteiger partial charge in [0, 0.05) is 0 Å². The van der Waals surface area contributed by atoms with E-state index >= 15 is 0 Å². The Morgan fingerprint density at radius 1 is 1.10 bits per heavy atom. The second-order valence-corrected chi connectivity index (χ2v) is 5.53. The molecule has 0 aliphatic carbocycles. The molecule has 0 atom stereocenters. The van der Waals surface area contributed by atoms with Crippen molar-refractivity contribution in [2.75, 3.05) is 0 Å². The molecule has 1 N–H and O–H groups in total. The third kappa shape index (κ3) is 3.06. The highest BCUT2D eigenvalue weighted by Crippen LogP contribution is 2.29. The predicted octanol–water partition coefficient (Wildman–Crippen LogP) is 3.22. The number of hydrogen-bond acceptors (Lipinski definition) is 2. The van der Waals surface area contributed by atoms with Crippen LogP contribution in [-0.4, -0.2) is 22.4 Å². The molecule has 0 radical (unpaired) electrons. The van der Waals surface area contributed by atoms with Gasteiger partial charge in [0.05, 0.1) is 6.54 Å². The van der Waals surface area contributed by atoms with Gasteiger partial charge in [0.25, 0.3) is 5.91 Å². The van der Waals surface area contributed by atoms with Crippen LogP contribution in [0.3, 0.4) is 0 Å². The first kappa shape index (κ1) is 15.5. The first-order valence-electron chi connectivity index (χ1n) is 7.41. The van der Waals surface area contributed by atoms with E-state index < -0.39 is 5.54 Å². The molecule has 0 spiro atoms. The number of benzene rings is 1. The average Bonchev–Trinajstić information content (AvgIpc) is 2.67. The smallest absolute Gasteiger partial charge is 0.323 e. The minimum atomic E-state index is -0.763. The number of imide groups is 1. The molecule has 1 fully saturated rings. The van der Waals surface area contributed by atoms with Crippen molar-refractivity contribution in [2.45, 2.75) is 51.6 Å². The van der Waals surface area contributed by atoms with E-state index in [9.17, 15) is 14.0 Å². The lowest BCUT2D eigenvalue weighted by molar-refractivity contribution is -0.132. The molecule has 1 heterocycles. The maximum Gasteiger partial charge on any atom is 0.325 e. The maximum absolute atomic E-state index is 12.9. The van der Waals surface area contributed by atoms with Crippen LogP contribution in [0.2, 0.25) is 0 Å². The van der Waals surface area contributed by atoms with Crippen LogP contribution >= 0.6 is 0 Å². The van der Waals surface area contributed by atoms with Gasteiger partial charge in [-0.1, -0.05) is 38.8 Å². The SMILES string of the molecule is CCCC1(CCC)NC(=O)N(Cc2ccc(F)cc2)C1=O. The molecule has 114 valence electrons. The van der Waals surface area contributed by atoms with Gasteiger partial charge in [-0.3, -0.25) is 9.69 Å². The van der Waals surface area contributed by atoms with E-state index in [2.05, 4.69) is 5.32 Å². The molecular weight excluding hydrogens is 271 g/mol. The third-order valence-corrected chi connectivity index (χ3v) is 3.85. The Labute approximate surface area is 124 Å². The number of halogens is 1. The quantitative estimate of drug-likeness (QED) is 0.818. The van der Waals surface area contributed by atoms with Gasteiger partial charge < -0.3 is 5.32 Å². The summed E-state index contributed by atoms with van der Waals surface area (Å²) >= 11 is 0. The highest BCUT2D eigenvalue weighted by atomic mass is 19.1. The maximum atomic E-state index is 12.9. The zero-order chi connectivity index (χ0) is 15.5. The number of nitrogens with one attached hydrogen (secondary N) is 1. The minimum absolute atomic E-state index is 0.166. The van der Waals surface area contributed by atoms with Crippen molar-refractivity contribution < 1.29 is 14.0 Å². The summed E-state index contributed by atoms with van der Waals surface area (Å²) in [6.45, 7) is 4.18. The first-order chi connectivity index (χ1) is 10.0. The van der Waals surface area contributed by atoms with Crippen LogP contribution in [0.4, 0.5) is 9.18 Å². The van der Waals surface area contributed by atoms with Crippen LogP contribution in [0.15, 0.2) is 24.3 Å². The largest absolute Gasteiger partial charge is 0.325 e. The topological polar surface area (TPSA) is 49.4 Å². The molecule has 5 heteroatoms. The second kappa shape index (κ2) is 6.24. The summed E-state index contributed by atoms with van der Waals surface area (Å²) in [5, 5.41) is 2.86. The minimum Gasteiger partial charge on any atom is -0.323 e. The highest BCUT2D eigenvalue weighted by Gasteiger charge is 2.49. The van der Waals surface area contributed by atoms with E-state index in [0.29, 0.717) is 12.8 Å². The normalized spacial score (nSPS) is 17.2. The summed E-state index contributed by atoms with van der Waals surface area (Å²) in [6.07, 6.45) is 2.95. The van der Waals surface area contributed by atoms with Crippen molar-refractivity contribution in [2.24, 2.45) is 0 Å². The van der Waals surface area contributed by atoms with Crippen LogP contribution in [0.1, 0.15) is 45.1 Å². The third-order valence-electron chi connectivity index (χ3n) is 3.85. The number of amides is 3. The van der Waals surface area contributed by atoms with E-state index in [-0.39, 0.29) is 24.3 Å². The van der Waals surface area contributed by atoms with Gasteiger partial charge in [-0.15, -0.1) is 0 Å². The Morgan fingerprint density at radius 3 is 2.19 bits per heavy atom. The molecule has 1 aromatic carbocycles. The lowest BCUT2D eigenvalue weighted by atomic mass is 9.88. The van der Waals surface area contributed by atoms with Crippen molar-refractivity contribution in [1.82, 2.24) is 10.2 Å². The fourth-order valence-electron chi connectivity index (χ4n) is 2.91. The van der Waals surface area contributed by atoms with Gasteiger partial charge in [-0.2, -0.15) is 0 Å². The van der Waals surface area contributed by atoms with E-state index in [4.69, 9.17) is 0 Å². The van der Waals surface area contributed by atoms with Crippen molar-refractivity contribution in [1.29, 1.82) is 0 Å². The molecular formula is C16H21FN2O2. The van der Waals surface area contributed by atoms with Crippen LogP contribution in [0, 0.1) is 5.82 Å². The van der Waals surface area contributed by atoms with E-state index in [1.165, 1.54) is 17.0 Å². The van der Waals surface area contributed by atoms with Crippen LogP contribution in [0.25, 0.3) is 0 Å². The van der Waals surface area contributed by atoms with E-state index in [1.807, 2.05) is 13.8 Å². The standard InChI is InChI=1S/C16H21FN2O2/c1-3-9-16(10-4-2)14(20)19(15(21)18-16)11-12-5-7-13(17)8-6-12/h5-8H,3-4,9-11H2,1-2H3,(H,18,21). The molecule has 1 aliphatic heterocycles. The van der Waals surface area contributed by atoms with Crippen LogP contribution < -0.4 is 5.32 Å². The lowest BCUT2D eigenvalue weighted by Crippen LogP contribution is -2.46. The zero-order valence-electron chi connectivity index (χ0n) is 12.5. The lowest BCUT2D eigenvalue weighted by Gasteiger charge is -2.25. The van der Waals surface area contributed by atoms with E-state index in [0.717, 1.165) is 18.4 Å². The Kier molecular flexibility index (Phi) is 4.60. The number of rotatable bonds is 6. The van der Waals surface area contributed by atoms with Crippen LogP contribution in [0.5, 0.6) is 0 Å². The predicted molar refractivity (Wildman–Crippen MR) is 78.0 cm³/mol. The molecule has 2 rings (SSSR count). The number of nitrogens with zero attached hydrogens (tertiary/aromatic N) is 1. The molecule has 4 nitrogen and oxygen atoms in total. The summed E-state index contributed by atoms with van der Waals surface area (Å²) in [5.41, 5.74) is -0.0237. The molecule has 0 bridgehead atoms. The monoisotopic (exact) mass is 292 g/mol. The molecule has 0 saturated carbocycles. The van der Waals surface area contributed by atoms with Crippen molar-refractivity contribution in [3.63, 3.8) is 0 Å². The van der Waals surface area contributed by atoms with Gasteiger partial charge in [-0.25, -0.2) is 9.18 Å². The second-order valence-electron chi connectivity index (χ2n) is 5.53. The van der Waals surface area contributed by atoms with Gasteiger partial charge in [0.2, 0.25) is 0 Å². The fourth-order valence-corrected chi connectivity index (χ4v) is 2.91. The molecule has 0 unspecified atom stereocenters. The zero-order valence-corrected chi connectivity index (χ0v) is 12.5. The molecule has 1 aliphatic rings. The summed E-state index contributed by atoms with van der Waals surface area (Å²) in [5.74, 6) is -0.497. The summed E-state index contributed by atoms with van der Waals surface area (Å²) < 4.78 is 12.9. The van der Waals surface area contributed by atoms with Gasteiger partial charge in [0.1, 0.15) is 11.4 Å². The number of urea groups is 1. The summed E-state index contributed by atoms with van der Waals surface area (Å²) in [7, 11) is 0. The molecule has 0 aromatic heterocycles. The van der Waals surface area contributed by atoms with E-state index in [1.54, 1.807) is 12.1 Å². The Balaban J connectivity index is 2.19.